The molecule has 0 saturated heterocycles. The maximum atomic E-state index is 6.18. The number of rotatable bonds is 5. The van der Waals surface area contributed by atoms with Gasteiger partial charge in [0.1, 0.15) is 12.4 Å². The average Bonchev–Trinajstić information content (AvgIpc) is 3.10. The SMILES string of the molecule is Cc1nnc(C2Cc3ccccc3CN2CCOc2cc(Cl)ccc2Cl)o1. The molecule has 1 unspecified atom stereocenters. The molecular formula is C20H19Cl2N3O2. The predicted molar refractivity (Wildman–Crippen MR) is 104 cm³/mol. The fraction of sp³-hybridized carbons (Fsp3) is 0.300. The lowest BCUT2D eigenvalue weighted by molar-refractivity contribution is 0.121. The Balaban J connectivity index is 1.51. The average molecular weight is 404 g/mol. The van der Waals surface area contributed by atoms with E-state index in [1.165, 1.54) is 11.1 Å². The number of benzene rings is 2. The van der Waals surface area contributed by atoms with E-state index in [1.807, 2.05) is 6.92 Å². The lowest BCUT2D eigenvalue weighted by atomic mass is 9.94. The van der Waals surface area contributed by atoms with Crippen molar-refractivity contribution >= 4 is 23.2 Å². The fourth-order valence-corrected chi connectivity index (χ4v) is 3.70. The molecule has 3 aromatic rings. The summed E-state index contributed by atoms with van der Waals surface area (Å²) in [5.41, 5.74) is 2.62. The largest absolute Gasteiger partial charge is 0.491 e. The minimum absolute atomic E-state index is 0.0273. The van der Waals surface area contributed by atoms with Crippen LogP contribution in [0.5, 0.6) is 5.75 Å². The third kappa shape index (κ3) is 4.10. The molecule has 0 radical (unpaired) electrons. The highest BCUT2D eigenvalue weighted by Crippen LogP contribution is 2.33. The number of fused-ring (bicyclic) bond motifs is 1. The molecule has 1 atom stereocenters. The van der Waals surface area contributed by atoms with Crippen molar-refractivity contribution in [1.29, 1.82) is 0 Å². The number of hydrogen-bond acceptors (Lipinski definition) is 5. The molecule has 0 fully saturated rings. The van der Waals surface area contributed by atoms with E-state index in [2.05, 4.69) is 39.4 Å². The van der Waals surface area contributed by atoms with E-state index in [-0.39, 0.29) is 6.04 Å². The van der Waals surface area contributed by atoms with Crippen LogP contribution in [0.3, 0.4) is 0 Å². The van der Waals surface area contributed by atoms with Gasteiger partial charge in [-0.15, -0.1) is 10.2 Å². The molecule has 2 heterocycles. The summed E-state index contributed by atoms with van der Waals surface area (Å²) in [7, 11) is 0. The van der Waals surface area contributed by atoms with Gasteiger partial charge in [0.2, 0.25) is 11.8 Å². The van der Waals surface area contributed by atoms with Crippen LogP contribution in [-0.4, -0.2) is 28.2 Å². The number of nitrogens with zero attached hydrogens (tertiary/aromatic N) is 3. The number of ether oxygens (including phenoxy) is 1. The van der Waals surface area contributed by atoms with Gasteiger partial charge in [-0.05, 0) is 29.7 Å². The number of aryl methyl sites for hydroxylation is 1. The zero-order chi connectivity index (χ0) is 18.8. The summed E-state index contributed by atoms with van der Waals surface area (Å²) in [6.07, 6.45) is 0.829. The second kappa shape index (κ2) is 7.89. The molecule has 1 aliphatic heterocycles. The van der Waals surface area contributed by atoms with Gasteiger partial charge < -0.3 is 9.15 Å². The van der Waals surface area contributed by atoms with Crippen LogP contribution in [0.25, 0.3) is 0 Å². The van der Waals surface area contributed by atoms with Crippen LogP contribution in [-0.2, 0) is 13.0 Å². The molecule has 5 nitrogen and oxygen atoms in total. The van der Waals surface area contributed by atoms with Crippen molar-refractivity contribution < 1.29 is 9.15 Å². The highest BCUT2D eigenvalue weighted by atomic mass is 35.5. The highest BCUT2D eigenvalue weighted by Gasteiger charge is 2.30. The molecule has 0 amide bonds. The zero-order valence-electron chi connectivity index (χ0n) is 14.9. The summed E-state index contributed by atoms with van der Waals surface area (Å²) in [6.45, 7) is 3.78. The van der Waals surface area contributed by atoms with E-state index in [0.717, 1.165) is 13.0 Å². The maximum absolute atomic E-state index is 6.18. The monoisotopic (exact) mass is 403 g/mol. The third-order valence-corrected chi connectivity index (χ3v) is 5.25. The van der Waals surface area contributed by atoms with Crippen LogP contribution in [0, 0.1) is 6.92 Å². The van der Waals surface area contributed by atoms with Crippen LogP contribution < -0.4 is 4.74 Å². The third-order valence-electron chi connectivity index (χ3n) is 4.70. The molecular weight excluding hydrogens is 385 g/mol. The predicted octanol–water partition coefficient (Wildman–Crippen LogP) is 4.86. The molecule has 0 aliphatic carbocycles. The minimum Gasteiger partial charge on any atom is -0.491 e. The molecule has 1 aromatic heterocycles. The van der Waals surface area contributed by atoms with Gasteiger partial charge >= 0.3 is 0 Å². The van der Waals surface area contributed by atoms with Crippen molar-refractivity contribution in [3.8, 4) is 5.75 Å². The molecule has 1 aliphatic rings. The Morgan fingerprint density at radius 2 is 1.96 bits per heavy atom. The smallest absolute Gasteiger partial charge is 0.233 e. The minimum atomic E-state index is 0.0273. The Morgan fingerprint density at radius 1 is 1.15 bits per heavy atom. The van der Waals surface area contributed by atoms with Gasteiger partial charge in [0.25, 0.3) is 0 Å². The van der Waals surface area contributed by atoms with Crippen LogP contribution in [0.15, 0.2) is 46.9 Å². The fourth-order valence-electron chi connectivity index (χ4n) is 3.36. The quantitative estimate of drug-likeness (QED) is 0.608. The summed E-state index contributed by atoms with van der Waals surface area (Å²) in [6, 6.07) is 13.7. The summed E-state index contributed by atoms with van der Waals surface area (Å²) >= 11 is 12.2. The highest BCUT2D eigenvalue weighted by molar-refractivity contribution is 6.34. The number of hydrogen-bond donors (Lipinski definition) is 0. The Hall–Kier alpha value is -2.08. The molecule has 0 bridgehead atoms. The zero-order valence-corrected chi connectivity index (χ0v) is 16.4. The van der Waals surface area contributed by atoms with Gasteiger partial charge in [-0.2, -0.15) is 0 Å². The summed E-state index contributed by atoms with van der Waals surface area (Å²) < 4.78 is 11.6. The second-order valence-corrected chi connectivity index (χ2v) is 7.39. The van der Waals surface area contributed by atoms with E-state index < -0.39 is 0 Å². The van der Waals surface area contributed by atoms with Gasteiger partial charge in [0.05, 0.1) is 11.1 Å². The molecule has 7 heteroatoms. The summed E-state index contributed by atoms with van der Waals surface area (Å²) in [5.74, 6) is 1.81. The van der Waals surface area contributed by atoms with Gasteiger partial charge in [-0.3, -0.25) is 4.90 Å². The Bertz CT molecular complexity index is 944. The van der Waals surface area contributed by atoms with E-state index in [9.17, 15) is 0 Å². The van der Waals surface area contributed by atoms with Crippen molar-refractivity contribution in [3.63, 3.8) is 0 Å². The number of aromatic nitrogens is 2. The molecule has 0 saturated carbocycles. The van der Waals surface area contributed by atoms with Crippen LogP contribution >= 0.6 is 23.2 Å². The standard InChI is InChI=1S/C20H19Cl2N3O2/c1-13-23-24-20(27-13)18-10-14-4-2-3-5-15(14)12-25(18)8-9-26-19-11-16(21)6-7-17(19)22/h2-7,11,18H,8-10,12H2,1H3. The van der Waals surface area contributed by atoms with E-state index in [4.69, 9.17) is 32.4 Å². The second-order valence-electron chi connectivity index (χ2n) is 6.54. The Morgan fingerprint density at radius 3 is 2.74 bits per heavy atom. The molecule has 27 heavy (non-hydrogen) atoms. The maximum Gasteiger partial charge on any atom is 0.233 e. The molecule has 4 rings (SSSR count). The molecule has 140 valence electrons. The Labute approximate surface area is 167 Å². The topological polar surface area (TPSA) is 51.4 Å². The van der Waals surface area contributed by atoms with E-state index in [1.54, 1.807) is 18.2 Å². The lowest BCUT2D eigenvalue weighted by Crippen LogP contribution is -2.37. The first kappa shape index (κ1) is 18.3. The van der Waals surface area contributed by atoms with Crippen LogP contribution in [0.2, 0.25) is 10.0 Å². The number of halogens is 2. The normalized spacial score (nSPS) is 16.9. The van der Waals surface area contributed by atoms with E-state index in [0.29, 0.717) is 40.7 Å². The van der Waals surface area contributed by atoms with Gasteiger partial charge in [0.15, 0.2) is 0 Å². The van der Waals surface area contributed by atoms with Crippen molar-refractivity contribution in [2.75, 3.05) is 13.2 Å². The van der Waals surface area contributed by atoms with Crippen molar-refractivity contribution in [2.24, 2.45) is 0 Å². The Kier molecular flexibility index (Phi) is 5.34. The molecule has 0 N–H and O–H groups in total. The van der Waals surface area contributed by atoms with Crippen molar-refractivity contribution in [1.82, 2.24) is 15.1 Å². The van der Waals surface area contributed by atoms with Crippen LogP contribution in [0.1, 0.15) is 29.0 Å². The first-order valence-corrected chi connectivity index (χ1v) is 9.54. The van der Waals surface area contributed by atoms with Crippen molar-refractivity contribution in [3.05, 3.63) is 75.4 Å². The first-order chi connectivity index (χ1) is 13.1. The van der Waals surface area contributed by atoms with E-state index >= 15 is 0 Å². The molecule has 2 aromatic carbocycles. The van der Waals surface area contributed by atoms with Gasteiger partial charge in [-0.1, -0.05) is 47.5 Å². The summed E-state index contributed by atoms with van der Waals surface area (Å²) in [5, 5.41) is 9.39. The van der Waals surface area contributed by atoms with Crippen LogP contribution in [0.4, 0.5) is 0 Å². The summed E-state index contributed by atoms with van der Waals surface area (Å²) in [4.78, 5) is 2.30. The van der Waals surface area contributed by atoms with Gasteiger partial charge in [-0.25, -0.2) is 0 Å². The van der Waals surface area contributed by atoms with Crippen molar-refractivity contribution in [2.45, 2.75) is 25.9 Å². The first-order valence-electron chi connectivity index (χ1n) is 8.79. The lowest BCUT2D eigenvalue weighted by Gasteiger charge is -2.34. The van der Waals surface area contributed by atoms with Gasteiger partial charge in [0, 0.05) is 31.1 Å². The molecule has 0 spiro atoms.